The lowest BCUT2D eigenvalue weighted by molar-refractivity contribution is -0.136. The predicted molar refractivity (Wildman–Crippen MR) is 115 cm³/mol. The van der Waals surface area contributed by atoms with Crippen LogP contribution in [-0.4, -0.2) is 23.9 Å². The molecule has 0 aromatic heterocycles. The molecular formula is C25H23NO4. The average molecular weight is 401 g/mol. The summed E-state index contributed by atoms with van der Waals surface area (Å²) >= 11 is 0. The maximum absolute atomic E-state index is 13.4. The largest absolute Gasteiger partial charge is 0.497 e. The summed E-state index contributed by atoms with van der Waals surface area (Å²) in [5, 5.41) is 11.4. The first kappa shape index (κ1) is 19.9. The molecule has 1 aliphatic heterocycles. The molecule has 30 heavy (non-hydrogen) atoms. The smallest absolute Gasteiger partial charge is 0.264 e. The number of anilines is 1. The summed E-state index contributed by atoms with van der Waals surface area (Å²) in [6.45, 7) is 2.32. The van der Waals surface area contributed by atoms with Gasteiger partial charge in [-0.3, -0.25) is 9.59 Å². The fourth-order valence-electron chi connectivity index (χ4n) is 3.92. The highest BCUT2D eigenvalue weighted by Crippen LogP contribution is 2.43. The highest BCUT2D eigenvalue weighted by molar-refractivity contribution is 6.10. The van der Waals surface area contributed by atoms with E-state index in [2.05, 4.69) is 0 Å². The van der Waals surface area contributed by atoms with Crippen molar-refractivity contribution in [2.45, 2.75) is 25.5 Å². The van der Waals surface area contributed by atoms with Gasteiger partial charge in [-0.25, -0.2) is 0 Å². The van der Waals surface area contributed by atoms with E-state index < -0.39 is 11.5 Å². The first-order valence-corrected chi connectivity index (χ1v) is 9.79. The first-order chi connectivity index (χ1) is 14.4. The Labute approximate surface area is 175 Å². The number of hydrogen-bond acceptors (Lipinski definition) is 4. The molecule has 1 aliphatic rings. The van der Waals surface area contributed by atoms with Crippen LogP contribution in [0, 0.1) is 6.92 Å². The molecule has 152 valence electrons. The summed E-state index contributed by atoms with van der Waals surface area (Å²) < 4.78 is 5.18. The second-order valence-electron chi connectivity index (χ2n) is 7.53. The van der Waals surface area contributed by atoms with Gasteiger partial charge in [-0.1, -0.05) is 54.6 Å². The number of amides is 1. The second kappa shape index (κ2) is 7.76. The monoisotopic (exact) mass is 401 g/mol. The van der Waals surface area contributed by atoms with E-state index in [4.69, 9.17) is 4.74 Å². The molecule has 4 rings (SSSR count). The molecule has 0 radical (unpaired) electrons. The van der Waals surface area contributed by atoms with Crippen LogP contribution < -0.4 is 9.64 Å². The lowest BCUT2D eigenvalue weighted by Crippen LogP contribution is -2.41. The van der Waals surface area contributed by atoms with E-state index in [0.717, 1.165) is 11.1 Å². The number of ether oxygens (including phenoxy) is 1. The molecule has 0 fully saturated rings. The standard InChI is InChI=1S/C25H23NO4/c1-17-8-3-4-9-19(17)16-26-22-13-6-5-12-21(22)25(29,24(26)28)15-23(27)18-10-7-11-20(14-18)30-2/h3-14,29H,15-16H2,1-2H3/t25-/m0/s1. The molecule has 3 aromatic rings. The second-order valence-corrected chi connectivity index (χ2v) is 7.53. The van der Waals surface area contributed by atoms with Gasteiger partial charge in [0.2, 0.25) is 0 Å². The number of Topliss-reactive ketones (excluding diaryl/α,β-unsaturated/α-hetero) is 1. The molecule has 0 aliphatic carbocycles. The Morgan fingerprint density at radius 3 is 2.53 bits per heavy atom. The van der Waals surface area contributed by atoms with Gasteiger partial charge in [0.1, 0.15) is 5.75 Å². The molecule has 1 amide bonds. The van der Waals surface area contributed by atoms with Gasteiger partial charge in [0, 0.05) is 11.1 Å². The molecule has 0 saturated carbocycles. The molecule has 0 saturated heterocycles. The van der Waals surface area contributed by atoms with Crippen molar-refractivity contribution in [3.63, 3.8) is 0 Å². The predicted octanol–water partition coefficient (Wildman–Crippen LogP) is 4.01. The number of para-hydroxylation sites is 1. The Bertz CT molecular complexity index is 1120. The Morgan fingerprint density at radius 1 is 1.03 bits per heavy atom. The molecule has 5 nitrogen and oxygen atoms in total. The van der Waals surface area contributed by atoms with Crippen molar-refractivity contribution in [3.8, 4) is 5.75 Å². The molecule has 0 bridgehead atoms. The van der Waals surface area contributed by atoms with E-state index in [0.29, 0.717) is 29.1 Å². The molecule has 1 heterocycles. The third kappa shape index (κ3) is 3.37. The maximum atomic E-state index is 13.4. The van der Waals surface area contributed by atoms with Crippen molar-refractivity contribution in [1.82, 2.24) is 0 Å². The number of carbonyl (C=O) groups is 2. The number of ketones is 1. The van der Waals surface area contributed by atoms with Gasteiger partial charge < -0.3 is 14.7 Å². The number of aryl methyl sites for hydroxylation is 1. The van der Waals surface area contributed by atoms with Crippen LogP contribution in [0.1, 0.15) is 33.5 Å². The minimum atomic E-state index is -1.90. The number of methoxy groups -OCH3 is 1. The fourth-order valence-corrected chi connectivity index (χ4v) is 3.92. The SMILES string of the molecule is COc1cccc(C(=O)C[C@@]2(O)C(=O)N(Cc3ccccc3C)c3ccccc32)c1. The van der Waals surface area contributed by atoms with E-state index >= 15 is 0 Å². The normalized spacial score (nSPS) is 17.7. The van der Waals surface area contributed by atoms with Crippen molar-refractivity contribution >= 4 is 17.4 Å². The van der Waals surface area contributed by atoms with Crippen LogP contribution in [0.25, 0.3) is 0 Å². The number of rotatable bonds is 6. The number of fused-ring (bicyclic) bond motifs is 1. The zero-order chi connectivity index (χ0) is 21.3. The summed E-state index contributed by atoms with van der Waals surface area (Å²) in [6.07, 6.45) is -0.333. The van der Waals surface area contributed by atoms with Crippen LogP contribution in [-0.2, 0) is 16.9 Å². The van der Waals surface area contributed by atoms with Crippen LogP contribution >= 0.6 is 0 Å². The van der Waals surface area contributed by atoms with E-state index in [9.17, 15) is 14.7 Å². The summed E-state index contributed by atoms with van der Waals surface area (Å²) in [5.41, 5.74) is 1.63. The van der Waals surface area contributed by atoms with Gasteiger partial charge >= 0.3 is 0 Å². The lowest BCUT2D eigenvalue weighted by atomic mass is 9.88. The van der Waals surface area contributed by atoms with E-state index in [1.165, 1.54) is 7.11 Å². The summed E-state index contributed by atoms with van der Waals surface area (Å²) in [4.78, 5) is 27.9. The quantitative estimate of drug-likeness (QED) is 0.634. The molecule has 3 aromatic carbocycles. The van der Waals surface area contributed by atoms with Crippen molar-refractivity contribution in [1.29, 1.82) is 0 Å². The fraction of sp³-hybridized carbons (Fsp3) is 0.200. The molecule has 1 N–H and O–H groups in total. The molecule has 1 atom stereocenters. The number of aliphatic hydroxyl groups is 1. The highest BCUT2D eigenvalue weighted by atomic mass is 16.5. The van der Waals surface area contributed by atoms with Crippen molar-refractivity contribution in [2.75, 3.05) is 12.0 Å². The third-order valence-electron chi connectivity index (χ3n) is 5.64. The maximum Gasteiger partial charge on any atom is 0.264 e. The Morgan fingerprint density at radius 2 is 1.77 bits per heavy atom. The average Bonchev–Trinajstić information content (AvgIpc) is 2.97. The van der Waals surface area contributed by atoms with Crippen LogP contribution in [0.4, 0.5) is 5.69 Å². The zero-order valence-electron chi connectivity index (χ0n) is 17.0. The van der Waals surface area contributed by atoms with Gasteiger partial charge in [-0.2, -0.15) is 0 Å². The molecule has 5 heteroatoms. The van der Waals surface area contributed by atoms with Gasteiger partial charge in [0.25, 0.3) is 5.91 Å². The summed E-state index contributed by atoms with van der Waals surface area (Å²) in [6, 6.07) is 21.7. The molecule has 0 unspecified atom stereocenters. The topological polar surface area (TPSA) is 66.8 Å². The van der Waals surface area contributed by atoms with Crippen molar-refractivity contribution in [3.05, 3.63) is 95.1 Å². The zero-order valence-corrected chi connectivity index (χ0v) is 17.0. The van der Waals surface area contributed by atoms with Crippen molar-refractivity contribution in [2.24, 2.45) is 0 Å². The van der Waals surface area contributed by atoms with Gasteiger partial charge in [-0.05, 0) is 36.2 Å². The Kier molecular flexibility index (Phi) is 5.14. The van der Waals surface area contributed by atoms with E-state index in [-0.39, 0.29) is 12.2 Å². The lowest BCUT2D eigenvalue weighted by Gasteiger charge is -2.23. The number of benzene rings is 3. The van der Waals surface area contributed by atoms with Gasteiger partial charge in [0.15, 0.2) is 11.4 Å². The van der Waals surface area contributed by atoms with Crippen LogP contribution in [0.15, 0.2) is 72.8 Å². The first-order valence-electron chi connectivity index (χ1n) is 9.79. The number of carbonyl (C=O) groups excluding carboxylic acids is 2. The number of hydrogen-bond donors (Lipinski definition) is 1. The highest BCUT2D eigenvalue weighted by Gasteiger charge is 2.50. The van der Waals surface area contributed by atoms with Gasteiger partial charge in [-0.15, -0.1) is 0 Å². The van der Waals surface area contributed by atoms with Gasteiger partial charge in [0.05, 0.1) is 25.8 Å². The van der Waals surface area contributed by atoms with E-state index in [1.807, 2.05) is 37.3 Å². The summed E-state index contributed by atoms with van der Waals surface area (Å²) in [5.74, 6) is -0.257. The Hall–Kier alpha value is -3.44. The van der Waals surface area contributed by atoms with Crippen LogP contribution in [0.3, 0.4) is 0 Å². The van der Waals surface area contributed by atoms with Crippen LogP contribution in [0.2, 0.25) is 0 Å². The molecular weight excluding hydrogens is 378 g/mol. The Balaban J connectivity index is 1.68. The molecule has 0 spiro atoms. The minimum absolute atomic E-state index is 0.322. The minimum Gasteiger partial charge on any atom is -0.497 e. The van der Waals surface area contributed by atoms with Crippen LogP contribution in [0.5, 0.6) is 5.75 Å². The van der Waals surface area contributed by atoms with Crippen molar-refractivity contribution < 1.29 is 19.4 Å². The third-order valence-corrected chi connectivity index (χ3v) is 5.64. The summed E-state index contributed by atoms with van der Waals surface area (Å²) in [7, 11) is 1.53. The van der Waals surface area contributed by atoms with E-state index in [1.54, 1.807) is 47.4 Å². The number of nitrogens with zero attached hydrogens (tertiary/aromatic N) is 1.